The second-order valence-corrected chi connectivity index (χ2v) is 4.72. The van der Waals surface area contributed by atoms with Crippen LogP contribution in [0.25, 0.3) is 0 Å². The number of aliphatic hydroxyl groups excluding tert-OH is 3. The third-order valence-electron chi connectivity index (χ3n) is 3.59. The summed E-state index contributed by atoms with van der Waals surface area (Å²) < 4.78 is 10.8. The van der Waals surface area contributed by atoms with Crippen LogP contribution in [0.5, 0.6) is 0 Å². The highest BCUT2D eigenvalue weighted by Crippen LogP contribution is 2.56. The van der Waals surface area contributed by atoms with Crippen LogP contribution in [0.15, 0.2) is 0 Å². The van der Waals surface area contributed by atoms with Crippen LogP contribution in [-0.2, 0) is 9.47 Å². The maximum absolute atomic E-state index is 10.1. The summed E-state index contributed by atoms with van der Waals surface area (Å²) >= 11 is 0. The lowest BCUT2D eigenvalue weighted by Gasteiger charge is -2.42. The first-order valence-electron chi connectivity index (χ1n) is 5.89. The van der Waals surface area contributed by atoms with Crippen LogP contribution in [-0.4, -0.2) is 53.1 Å². The molecule has 94 valence electrons. The van der Waals surface area contributed by atoms with Crippen LogP contribution in [0, 0.1) is 5.41 Å². The molecule has 1 saturated carbocycles. The minimum absolute atomic E-state index is 0.248. The summed E-state index contributed by atoms with van der Waals surface area (Å²) in [5.41, 5.74) is -0.510. The van der Waals surface area contributed by atoms with Crippen molar-refractivity contribution in [1.82, 2.24) is 0 Å². The zero-order chi connectivity index (χ0) is 11.8. The van der Waals surface area contributed by atoms with E-state index in [1.165, 1.54) is 0 Å². The third kappa shape index (κ3) is 1.87. The minimum atomic E-state index is -0.797. The fourth-order valence-electron chi connectivity index (χ4n) is 2.38. The molecule has 2 fully saturated rings. The number of aliphatic hydroxyl groups is 3. The van der Waals surface area contributed by atoms with Crippen LogP contribution < -0.4 is 0 Å². The molecule has 0 unspecified atom stereocenters. The molecule has 1 heterocycles. The standard InChI is InChI=1S/C11H20O5/c1-2-5-15-10-9(14)11(3-4-11)8(13)7(6-12)16-10/h7-10,12-14H,2-6H2,1H3/t7-,8-,9-,10+/m1/s1. The molecule has 1 aliphatic heterocycles. The molecule has 4 atom stereocenters. The Morgan fingerprint density at radius 3 is 2.50 bits per heavy atom. The van der Waals surface area contributed by atoms with Crippen LogP contribution >= 0.6 is 0 Å². The molecule has 1 saturated heterocycles. The van der Waals surface area contributed by atoms with E-state index in [1.54, 1.807) is 0 Å². The average molecular weight is 232 g/mol. The van der Waals surface area contributed by atoms with E-state index in [0.29, 0.717) is 6.61 Å². The largest absolute Gasteiger partial charge is 0.394 e. The van der Waals surface area contributed by atoms with Gasteiger partial charge in [-0.25, -0.2) is 0 Å². The Morgan fingerprint density at radius 1 is 1.31 bits per heavy atom. The highest BCUT2D eigenvalue weighted by Gasteiger charge is 2.62. The smallest absolute Gasteiger partial charge is 0.184 e. The van der Waals surface area contributed by atoms with E-state index in [2.05, 4.69) is 0 Å². The zero-order valence-corrected chi connectivity index (χ0v) is 9.50. The lowest BCUT2D eigenvalue weighted by molar-refractivity contribution is -0.296. The van der Waals surface area contributed by atoms with Gasteiger partial charge >= 0.3 is 0 Å². The predicted octanol–water partition coefficient (Wildman–Crippen LogP) is -0.368. The SMILES string of the molecule is CCCO[C@H]1O[C@H](CO)[C@@H](O)C2(CC2)[C@@H]1O. The van der Waals surface area contributed by atoms with Crippen LogP contribution in [0.2, 0.25) is 0 Å². The van der Waals surface area contributed by atoms with Crippen molar-refractivity contribution in [3.8, 4) is 0 Å². The lowest BCUT2D eigenvalue weighted by Crippen LogP contribution is -2.57. The van der Waals surface area contributed by atoms with Gasteiger partial charge in [0.05, 0.1) is 12.7 Å². The molecule has 0 aromatic carbocycles. The van der Waals surface area contributed by atoms with Gasteiger partial charge in [0, 0.05) is 12.0 Å². The number of rotatable bonds is 4. The van der Waals surface area contributed by atoms with Crippen molar-refractivity contribution in [2.24, 2.45) is 5.41 Å². The molecule has 0 aromatic rings. The summed E-state index contributed by atoms with van der Waals surface area (Å²) in [6, 6.07) is 0. The van der Waals surface area contributed by atoms with E-state index >= 15 is 0 Å². The maximum Gasteiger partial charge on any atom is 0.184 e. The quantitative estimate of drug-likeness (QED) is 0.616. The highest BCUT2D eigenvalue weighted by atomic mass is 16.7. The van der Waals surface area contributed by atoms with E-state index in [1.807, 2.05) is 6.92 Å². The van der Waals surface area contributed by atoms with Crippen molar-refractivity contribution in [3.05, 3.63) is 0 Å². The van der Waals surface area contributed by atoms with Crippen molar-refractivity contribution in [2.75, 3.05) is 13.2 Å². The van der Waals surface area contributed by atoms with E-state index in [-0.39, 0.29) is 6.61 Å². The van der Waals surface area contributed by atoms with Gasteiger partial charge in [0.2, 0.25) is 0 Å². The molecule has 5 heteroatoms. The van der Waals surface area contributed by atoms with Crippen molar-refractivity contribution in [2.45, 2.75) is 50.8 Å². The Bertz CT molecular complexity index is 241. The van der Waals surface area contributed by atoms with Crippen LogP contribution in [0.1, 0.15) is 26.2 Å². The fraction of sp³-hybridized carbons (Fsp3) is 1.00. The summed E-state index contributed by atoms with van der Waals surface area (Å²) in [6.45, 7) is 2.23. The molecule has 1 aliphatic carbocycles. The summed E-state index contributed by atoms with van der Waals surface area (Å²) in [7, 11) is 0. The summed E-state index contributed by atoms with van der Waals surface area (Å²) in [5.74, 6) is 0. The normalized spacial score (nSPS) is 41.2. The number of hydrogen-bond acceptors (Lipinski definition) is 5. The molecule has 5 nitrogen and oxygen atoms in total. The van der Waals surface area contributed by atoms with Gasteiger partial charge in [-0.3, -0.25) is 0 Å². The Labute approximate surface area is 95.0 Å². The van der Waals surface area contributed by atoms with Gasteiger partial charge in [0.1, 0.15) is 12.2 Å². The lowest BCUT2D eigenvalue weighted by atomic mass is 9.86. The average Bonchev–Trinajstić information content (AvgIpc) is 3.07. The van der Waals surface area contributed by atoms with Crippen molar-refractivity contribution >= 4 is 0 Å². The number of ether oxygens (including phenoxy) is 2. The van der Waals surface area contributed by atoms with Gasteiger partial charge in [0.15, 0.2) is 6.29 Å². The van der Waals surface area contributed by atoms with Gasteiger partial charge in [-0.15, -0.1) is 0 Å². The van der Waals surface area contributed by atoms with Gasteiger partial charge < -0.3 is 24.8 Å². The minimum Gasteiger partial charge on any atom is -0.394 e. The summed E-state index contributed by atoms with van der Waals surface area (Å²) in [4.78, 5) is 0. The van der Waals surface area contributed by atoms with Crippen molar-refractivity contribution in [1.29, 1.82) is 0 Å². The van der Waals surface area contributed by atoms with E-state index in [0.717, 1.165) is 19.3 Å². The molecular weight excluding hydrogens is 212 g/mol. The van der Waals surface area contributed by atoms with E-state index < -0.39 is 30.0 Å². The Hall–Kier alpha value is -0.200. The topological polar surface area (TPSA) is 79.2 Å². The molecule has 0 aromatic heterocycles. The molecular formula is C11H20O5. The van der Waals surface area contributed by atoms with E-state index in [9.17, 15) is 10.2 Å². The first-order chi connectivity index (χ1) is 7.65. The first-order valence-corrected chi connectivity index (χ1v) is 5.89. The van der Waals surface area contributed by atoms with Gasteiger partial charge in [0.25, 0.3) is 0 Å². The highest BCUT2D eigenvalue weighted by molar-refractivity contribution is 5.09. The molecule has 0 bridgehead atoms. The Morgan fingerprint density at radius 2 is 2.00 bits per heavy atom. The van der Waals surface area contributed by atoms with Crippen molar-refractivity contribution < 1.29 is 24.8 Å². The summed E-state index contributed by atoms with van der Waals surface area (Å²) in [6.07, 6.45) is -0.588. The Kier molecular flexibility index (Phi) is 3.51. The molecule has 3 N–H and O–H groups in total. The van der Waals surface area contributed by atoms with Gasteiger partial charge in [-0.05, 0) is 19.3 Å². The van der Waals surface area contributed by atoms with Crippen LogP contribution in [0.4, 0.5) is 0 Å². The third-order valence-corrected chi connectivity index (χ3v) is 3.59. The van der Waals surface area contributed by atoms with Gasteiger partial charge in [-0.1, -0.05) is 6.92 Å². The Balaban J connectivity index is 2.05. The second kappa shape index (κ2) is 4.58. The zero-order valence-electron chi connectivity index (χ0n) is 9.50. The molecule has 1 spiro atoms. The maximum atomic E-state index is 10.1. The predicted molar refractivity (Wildman–Crippen MR) is 55.7 cm³/mol. The second-order valence-electron chi connectivity index (χ2n) is 4.72. The first kappa shape index (κ1) is 12.3. The monoisotopic (exact) mass is 232 g/mol. The molecule has 2 rings (SSSR count). The number of hydrogen-bond donors (Lipinski definition) is 3. The molecule has 2 aliphatic rings. The fourth-order valence-corrected chi connectivity index (χ4v) is 2.38. The van der Waals surface area contributed by atoms with E-state index in [4.69, 9.17) is 14.6 Å². The molecule has 0 radical (unpaired) electrons. The summed E-state index contributed by atoms with van der Waals surface area (Å²) in [5, 5.41) is 29.2. The molecule has 0 amide bonds. The van der Waals surface area contributed by atoms with Crippen LogP contribution in [0.3, 0.4) is 0 Å². The van der Waals surface area contributed by atoms with Crippen molar-refractivity contribution in [3.63, 3.8) is 0 Å². The van der Waals surface area contributed by atoms with Gasteiger partial charge in [-0.2, -0.15) is 0 Å². The molecule has 16 heavy (non-hydrogen) atoms.